The van der Waals surface area contributed by atoms with Crippen LogP contribution >= 0.6 is 27.3 Å². The summed E-state index contributed by atoms with van der Waals surface area (Å²) in [6.45, 7) is 4.72. The number of halogens is 1. The zero-order valence-corrected chi connectivity index (χ0v) is 23.4. The fourth-order valence-corrected chi connectivity index (χ4v) is 5.35. The lowest BCUT2D eigenvalue weighted by molar-refractivity contribution is -0.136. The number of aromatic nitrogens is 1. The molecule has 2 aromatic carbocycles. The zero-order valence-electron chi connectivity index (χ0n) is 21.0. The predicted molar refractivity (Wildman–Crippen MR) is 148 cm³/mol. The van der Waals surface area contributed by atoms with Crippen molar-refractivity contribution in [3.05, 3.63) is 83.5 Å². The summed E-state index contributed by atoms with van der Waals surface area (Å²) < 4.78 is 24.9. The molecule has 0 radical (unpaired) electrons. The Bertz CT molecular complexity index is 1620. The molecule has 0 unspecified atom stereocenters. The molecule has 0 amide bonds. The largest absolute Gasteiger partial charge is 0.490 e. The molecule has 0 saturated carbocycles. The van der Waals surface area contributed by atoms with Gasteiger partial charge in [-0.05, 0) is 55.8 Å². The lowest BCUT2D eigenvalue weighted by atomic mass is 9.97. The number of carbonyl (C=O) groups excluding carboxylic acids is 1. The third kappa shape index (κ3) is 5.54. The predicted octanol–water partition coefficient (Wildman–Crippen LogP) is 3.59. The Morgan fingerprint density at radius 3 is 2.58 bits per heavy atom. The van der Waals surface area contributed by atoms with Gasteiger partial charge in [0.05, 0.1) is 36.5 Å². The van der Waals surface area contributed by atoms with Crippen molar-refractivity contribution < 1.29 is 23.7 Å². The van der Waals surface area contributed by atoms with E-state index < -0.39 is 12.0 Å². The van der Waals surface area contributed by atoms with E-state index in [9.17, 15) is 9.59 Å². The van der Waals surface area contributed by atoms with Crippen molar-refractivity contribution in [2.45, 2.75) is 19.9 Å². The van der Waals surface area contributed by atoms with E-state index in [1.165, 1.54) is 29.2 Å². The number of carbonyl (C=O) groups is 1. The van der Waals surface area contributed by atoms with Crippen LogP contribution in [0.25, 0.3) is 6.08 Å². The zero-order chi connectivity index (χ0) is 27.2. The monoisotopic (exact) mass is 596 g/mol. The second-order valence-corrected chi connectivity index (χ2v) is 9.85. The first-order chi connectivity index (χ1) is 18.4. The highest BCUT2D eigenvalue weighted by atomic mass is 79.9. The van der Waals surface area contributed by atoms with Crippen LogP contribution in [0.15, 0.2) is 62.4 Å². The molecule has 2 heterocycles. The molecular weight excluding hydrogens is 572 g/mol. The first kappa shape index (κ1) is 27.2. The van der Waals surface area contributed by atoms with E-state index in [1.54, 1.807) is 30.3 Å². The second kappa shape index (κ2) is 12.2. The third-order valence-corrected chi connectivity index (χ3v) is 7.07. The van der Waals surface area contributed by atoms with Gasteiger partial charge in [0.25, 0.3) is 5.56 Å². The Balaban J connectivity index is 1.91. The Kier molecular flexibility index (Phi) is 8.71. The molecule has 10 heteroatoms. The standard InChI is InChI=1S/C28H25BrN2O6S/c1-5-12-37-21-11-9-19(29)13-18(21)15-24-26(32)31-25(20(27(33)34-4)16-30-28(31)38-24)17-8-10-22(35-6-2)23(14-17)36-7-3/h1,8-11,13-16,25H,6-7,12H2,2-4H3/b24-15+/t25-/m0/s1. The molecule has 4 rings (SSSR count). The number of fused-ring (bicyclic) bond motifs is 1. The minimum atomic E-state index is -0.782. The van der Waals surface area contributed by atoms with E-state index >= 15 is 0 Å². The van der Waals surface area contributed by atoms with Crippen molar-refractivity contribution in [1.29, 1.82) is 0 Å². The first-order valence-electron chi connectivity index (χ1n) is 11.8. The number of hydrogen-bond acceptors (Lipinski definition) is 8. The highest BCUT2D eigenvalue weighted by Gasteiger charge is 2.31. The first-order valence-corrected chi connectivity index (χ1v) is 13.4. The molecule has 3 aromatic rings. The molecule has 0 bridgehead atoms. The van der Waals surface area contributed by atoms with Gasteiger partial charge in [-0.15, -0.1) is 6.42 Å². The van der Waals surface area contributed by atoms with Crippen molar-refractivity contribution in [1.82, 2.24) is 4.57 Å². The normalized spacial score (nSPS) is 14.6. The molecule has 1 aromatic heterocycles. The van der Waals surface area contributed by atoms with Crippen LogP contribution in [0, 0.1) is 12.3 Å². The molecule has 38 heavy (non-hydrogen) atoms. The molecule has 1 aliphatic rings. The summed E-state index contributed by atoms with van der Waals surface area (Å²) in [7, 11) is 1.29. The Morgan fingerprint density at radius 1 is 1.13 bits per heavy atom. The lowest BCUT2D eigenvalue weighted by Gasteiger charge is -2.23. The van der Waals surface area contributed by atoms with Crippen molar-refractivity contribution in [2.75, 3.05) is 26.9 Å². The van der Waals surface area contributed by atoms with Crippen LogP contribution in [0.4, 0.5) is 0 Å². The van der Waals surface area contributed by atoms with Crippen LogP contribution in [0.3, 0.4) is 0 Å². The van der Waals surface area contributed by atoms with Crippen LogP contribution in [0.5, 0.6) is 17.2 Å². The summed E-state index contributed by atoms with van der Waals surface area (Å²) in [5, 5.41) is 0. The molecule has 0 spiro atoms. The minimum absolute atomic E-state index is 0.0894. The van der Waals surface area contributed by atoms with E-state index in [0.29, 0.717) is 50.9 Å². The van der Waals surface area contributed by atoms with Gasteiger partial charge in [0.1, 0.15) is 12.4 Å². The van der Waals surface area contributed by atoms with Crippen molar-refractivity contribution in [3.8, 4) is 29.6 Å². The molecule has 0 N–H and O–H groups in total. The molecule has 1 aliphatic heterocycles. The van der Waals surface area contributed by atoms with E-state index in [2.05, 4.69) is 26.8 Å². The number of hydrogen-bond donors (Lipinski definition) is 0. The third-order valence-electron chi connectivity index (χ3n) is 5.58. The number of ether oxygens (including phenoxy) is 4. The summed E-state index contributed by atoms with van der Waals surface area (Å²) in [4.78, 5) is 31.4. The number of methoxy groups -OCH3 is 1. The summed E-state index contributed by atoms with van der Waals surface area (Å²) >= 11 is 4.67. The van der Waals surface area contributed by atoms with Gasteiger partial charge in [-0.25, -0.2) is 9.79 Å². The number of nitrogens with zero attached hydrogens (tertiary/aromatic N) is 2. The van der Waals surface area contributed by atoms with Crippen LogP contribution in [0.2, 0.25) is 0 Å². The van der Waals surface area contributed by atoms with Gasteiger partial charge in [-0.3, -0.25) is 9.36 Å². The van der Waals surface area contributed by atoms with E-state index in [4.69, 9.17) is 25.4 Å². The van der Waals surface area contributed by atoms with Gasteiger partial charge >= 0.3 is 5.97 Å². The van der Waals surface area contributed by atoms with Crippen molar-refractivity contribution in [2.24, 2.45) is 4.99 Å². The summed E-state index contributed by atoms with van der Waals surface area (Å²) in [5.74, 6) is 3.49. The molecule has 196 valence electrons. The molecule has 8 nitrogen and oxygen atoms in total. The highest BCUT2D eigenvalue weighted by Crippen LogP contribution is 2.35. The second-order valence-electron chi connectivity index (χ2n) is 7.92. The van der Waals surface area contributed by atoms with E-state index in [0.717, 1.165) is 4.47 Å². The van der Waals surface area contributed by atoms with Gasteiger partial charge in [-0.2, -0.15) is 0 Å². The average molecular weight is 597 g/mol. The van der Waals surface area contributed by atoms with Gasteiger partial charge < -0.3 is 18.9 Å². The van der Waals surface area contributed by atoms with E-state index in [-0.39, 0.29) is 17.7 Å². The number of terminal acetylenes is 1. The smallest absolute Gasteiger partial charge is 0.337 e. The van der Waals surface area contributed by atoms with Crippen LogP contribution < -0.4 is 29.1 Å². The van der Waals surface area contributed by atoms with E-state index in [1.807, 2.05) is 26.0 Å². The topological polar surface area (TPSA) is 88.3 Å². The van der Waals surface area contributed by atoms with Crippen molar-refractivity contribution >= 4 is 39.3 Å². The minimum Gasteiger partial charge on any atom is -0.490 e. The number of thiazole rings is 1. The Hall–Kier alpha value is -3.81. The summed E-state index contributed by atoms with van der Waals surface area (Å²) in [6, 6.07) is 10.0. The number of esters is 1. The molecule has 0 aliphatic carbocycles. The summed E-state index contributed by atoms with van der Waals surface area (Å²) in [6.07, 6.45) is 8.53. The SMILES string of the molecule is C#CCOc1ccc(Br)cc1/C=c1/sc2n(c1=O)[C@@H](c1ccc(OCC)c(OCC)c1)C(C(=O)OC)=CN=2. The fraction of sp³-hybridized carbons (Fsp3) is 0.250. The van der Waals surface area contributed by atoms with Crippen LogP contribution in [-0.4, -0.2) is 37.5 Å². The van der Waals surface area contributed by atoms with Crippen LogP contribution in [-0.2, 0) is 9.53 Å². The average Bonchev–Trinajstić information content (AvgIpc) is 3.23. The number of benzene rings is 2. The highest BCUT2D eigenvalue weighted by molar-refractivity contribution is 9.10. The molecular formula is C28H25BrN2O6S. The maximum Gasteiger partial charge on any atom is 0.337 e. The van der Waals surface area contributed by atoms with Crippen LogP contribution in [0.1, 0.15) is 31.0 Å². The Labute approximate surface area is 232 Å². The maximum absolute atomic E-state index is 13.8. The Morgan fingerprint density at radius 2 is 1.87 bits per heavy atom. The maximum atomic E-state index is 13.8. The number of rotatable bonds is 9. The van der Waals surface area contributed by atoms with Gasteiger partial charge in [-0.1, -0.05) is 39.3 Å². The summed E-state index contributed by atoms with van der Waals surface area (Å²) in [5.41, 5.74) is 1.22. The quantitative estimate of drug-likeness (QED) is 0.277. The van der Waals surface area contributed by atoms with Gasteiger partial charge in [0.15, 0.2) is 16.3 Å². The van der Waals surface area contributed by atoms with Gasteiger partial charge in [0.2, 0.25) is 0 Å². The van der Waals surface area contributed by atoms with Gasteiger partial charge in [0, 0.05) is 16.2 Å². The van der Waals surface area contributed by atoms with Crippen molar-refractivity contribution in [3.63, 3.8) is 0 Å². The lowest BCUT2D eigenvalue weighted by Crippen LogP contribution is -2.39. The fourth-order valence-electron chi connectivity index (χ4n) is 4.01. The molecule has 1 atom stereocenters. The molecule has 0 saturated heterocycles. The molecule has 0 fully saturated rings.